The smallest absolute Gasteiger partial charge is 0.211 e. The summed E-state index contributed by atoms with van der Waals surface area (Å²) in [5.41, 5.74) is 3.13. The highest BCUT2D eigenvalue weighted by Crippen LogP contribution is 2.24. The third kappa shape index (κ3) is 1.83. The molecule has 2 rings (SSSR count). The molecule has 0 radical (unpaired) electrons. The predicted octanol–water partition coefficient (Wildman–Crippen LogP) is 2.98. The van der Waals surface area contributed by atoms with Crippen LogP contribution in [0.3, 0.4) is 0 Å². The number of thiophene rings is 1. The Labute approximate surface area is 86.2 Å². The molecule has 1 heterocycles. The van der Waals surface area contributed by atoms with E-state index in [1.165, 1.54) is 5.56 Å². The summed E-state index contributed by atoms with van der Waals surface area (Å²) in [6, 6.07) is 9.84. The van der Waals surface area contributed by atoms with E-state index in [9.17, 15) is 4.79 Å². The fourth-order valence-corrected chi connectivity index (χ4v) is 1.95. The second-order valence-corrected chi connectivity index (χ2v) is 3.64. The second kappa shape index (κ2) is 4.07. The van der Waals surface area contributed by atoms with Crippen molar-refractivity contribution in [3.05, 3.63) is 41.1 Å². The minimum Gasteiger partial charge on any atom is -0.329 e. The molecule has 0 aliphatic heterocycles. The Balaban J connectivity index is 2.35. The molecule has 0 aliphatic rings. The van der Waals surface area contributed by atoms with Gasteiger partial charge in [-0.3, -0.25) is 4.79 Å². The van der Waals surface area contributed by atoms with Crippen LogP contribution in [0, 0.1) is 0 Å². The lowest BCUT2D eigenvalue weighted by Gasteiger charge is -2.01. The van der Waals surface area contributed by atoms with Crippen LogP contribution in [0.5, 0.6) is 0 Å². The number of nitrogens with one attached hydrogen (secondary N) is 1. The standard InChI is InChI=1S/C11H9NOS/c13-8-12-11-3-1-2-9(6-11)10-4-5-14-7-10/h1-8H,(H,12,13). The van der Waals surface area contributed by atoms with Crippen LogP contribution in [0.15, 0.2) is 41.1 Å². The van der Waals surface area contributed by atoms with Crippen molar-refractivity contribution in [1.29, 1.82) is 0 Å². The molecule has 1 aromatic carbocycles. The molecule has 0 fully saturated rings. The summed E-state index contributed by atoms with van der Waals surface area (Å²) in [6.45, 7) is 0. The number of carbonyl (C=O) groups is 1. The summed E-state index contributed by atoms with van der Waals surface area (Å²) < 4.78 is 0. The molecule has 1 amide bonds. The van der Waals surface area contributed by atoms with Gasteiger partial charge < -0.3 is 5.32 Å². The van der Waals surface area contributed by atoms with Gasteiger partial charge in [-0.1, -0.05) is 12.1 Å². The van der Waals surface area contributed by atoms with Crippen LogP contribution < -0.4 is 5.32 Å². The van der Waals surface area contributed by atoms with Crippen molar-refractivity contribution in [1.82, 2.24) is 0 Å². The van der Waals surface area contributed by atoms with Crippen LogP contribution >= 0.6 is 11.3 Å². The van der Waals surface area contributed by atoms with E-state index in [-0.39, 0.29) is 0 Å². The van der Waals surface area contributed by atoms with Gasteiger partial charge in [-0.15, -0.1) is 0 Å². The molecular formula is C11H9NOS. The Hall–Kier alpha value is -1.61. The first-order chi connectivity index (χ1) is 6.90. The van der Waals surface area contributed by atoms with E-state index < -0.39 is 0 Å². The monoisotopic (exact) mass is 203 g/mol. The van der Waals surface area contributed by atoms with Crippen molar-refractivity contribution < 1.29 is 4.79 Å². The van der Waals surface area contributed by atoms with Gasteiger partial charge in [0.15, 0.2) is 0 Å². The van der Waals surface area contributed by atoms with E-state index in [0.29, 0.717) is 6.41 Å². The molecule has 0 aliphatic carbocycles. The molecule has 2 aromatic rings. The number of carbonyl (C=O) groups excluding carboxylic acids is 1. The zero-order chi connectivity index (χ0) is 9.80. The molecule has 0 bridgehead atoms. The van der Waals surface area contributed by atoms with E-state index in [4.69, 9.17) is 0 Å². The average molecular weight is 203 g/mol. The molecule has 1 N–H and O–H groups in total. The normalized spacial score (nSPS) is 9.71. The van der Waals surface area contributed by atoms with Crippen molar-refractivity contribution in [3.63, 3.8) is 0 Å². The van der Waals surface area contributed by atoms with Crippen LogP contribution in [-0.2, 0) is 4.79 Å². The van der Waals surface area contributed by atoms with Crippen molar-refractivity contribution >= 4 is 23.4 Å². The molecule has 1 aromatic heterocycles. The first kappa shape index (κ1) is 8.97. The molecule has 0 spiro atoms. The van der Waals surface area contributed by atoms with Gasteiger partial charge in [0.25, 0.3) is 0 Å². The topological polar surface area (TPSA) is 29.1 Å². The Kier molecular flexibility index (Phi) is 2.60. The Bertz CT molecular complexity index is 423. The molecule has 0 saturated heterocycles. The molecule has 0 saturated carbocycles. The van der Waals surface area contributed by atoms with E-state index in [2.05, 4.69) is 16.8 Å². The van der Waals surface area contributed by atoms with Gasteiger partial charge in [0.2, 0.25) is 6.41 Å². The average Bonchev–Trinajstić information content (AvgIpc) is 2.71. The Morgan fingerprint density at radius 3 is 2.86 bits per heavy atom. The van der Waals surface area contributed by atoms with E-state index in [0.717, 1.165) is 11.3 Å². The first-order valence-electron chi connectivity index (χ1n) is 4.23. The lowest BCUT2D eigenvalue weighted by atomic mass is 10.1. The van der Waals surface area contributed by atoms with Crippen LogP contribution in [0.25, 0.3) is 11.1 Å². The highest BCUT2D eigenvalue weighted by Gasteiger charge is 1.98. The minimum atomic E-state index is 0.687. The highest BCUT2D eigenvalue weighted by atomic mass is 32.1. The number of anilines is 1. The quantitative estimate of drug-likeness (QED) is 0.763. The van der Waals surface area contributed by atoms with E-state index in [1.807, 2.05) is 29.6 Å². The fourth-order valence-electron chi connectivity index (χ4n) is 1.29. The summed E-state index contributed by atoms with van der Waals surface area (Å²) in [7, 11) is 0. The van der Waals surface area contributed by atoms with Crippen molar-refractivity contribution in [2.75, 3.05) is 5.32 Å². The summed E-state index contributed by atoms with van der Waals surface area (Å²) in [6.07, 6.45) is 0.687. The first-order valence-corrected chi connectivity index (χ1v) is 5.17. The molecule has 14 heavy (non-hydrogen) atoms. The van der Waals surface area contributed by atoms with Crippen molar-refractivity contribution in [2.24, 2.45) is 0 Å². The number of benzene rings is 1. The number of hydrogen-bond acceptors (Lipinski definition) is 2. The SMILES string of the molecule is O=CNc1cccc(-c2ccsc2)c1. The summed E-state index contributed by atoms with van der Waals surface area (Å²) >= 11 is 1.66. The van der Waals surface area contributed by atoms with Gasteiger partial charge >= 0.3 is 0 Å². The summed E-state index contributed by atoms with van der Waals surface area (Å²) in [5.74, 6) is 0. The fraction of sp³-hybridized carbons (Fsp3) is 0. The largest absolute Gasteiger partial charge is 0.329 e. The maximum Gasteiger partial charge on any atom is 0.211 e. The maximum absolute atomic E-state index is 10.3. The lowest BCUT2D eigenvalue weighted by molar-refractivity contribution is -0.105. The van der Waals surface area contributed by atoms with Crippen molar-refractivity contribution in [3.8, 4) is 11.1 Å². The number of hydrogen-bond donors (Lipinski definition) is 1. The van der Waals surface area contributed by atoms with Gasteiger partial charge in [0.05, 0.1) is 0 Å². The molecule has 70 valence electrons. The van der Waals surface area contributed by atoms with E-state index >= 15 is 0 Å². The van der Waals surface area contributed by atoms with Gasteiger partial charge in [-0.05, 0) is 40.1 Å². The molecule has 0 unspecified atom stereocenters. The van der Waals surface area contributed by atoms with Gasteiger partial charge in [-0.2, -0.15) is 11.3 Å². The molecule has 2 nitrogen and oxygen atoms in total. The summed E-state index contributed by atoms with van der Waals surface area (Å²) in [4.78, 5) is 10.3. The lowest BCUT2D eigenvalue weighted by Crippen LogP contribution is -1.92. The van der Waals surface area contributed by atoms with Crippen molar-refractivity contribution in [2.45, 2.75) is 0 Å². The van der Waals surface area contributed by atoms with Crippen LogP contribution in [-0.4, -0.2) is 6.41 Å². The third-order valence-corrected chi connectivity index (χ3v) is 2.63. The van der Waals surface area contributed by atoms with Crippen LogP contribution in [0.2, 0.25) is 0 Å². The Morgan fingerprint density at radius 2 is 2.14 bits per heavy atom. The van der Waals surface area contributed by atoms with E-state index in [1.54, 1.807) is 11.3 Å². The van der Waals surface area contributed by atoms with Crippen LogP contribution in [0.4, 0.5) is 5.69 Å². The van der Waals surface area contributed by atoms with Gasteiger partial charge in [0.1, 0.15) is 0 Å². The Morgan fingerprint density at radius 1 is 1.21 bits per heavy atom. The molecule has 3 heteroatoms. The highest BCUT2D eigenvalue weighted by molar-refractivity contribution is 7.08. The predicted molar refractivity (Wildman–Crippen MR) is 59.4 cm³/mol. The zero-order valence-corrected chi connectivity index (χ0v) is 8.25. The number of rotatable bonds is 3. The molecular weight excluding hydrogens is 194 g/mol. The minimum absolute atomic E-state index is 0.687. The van der Waals surface area contributed by atoms with Gasteiger partial charge in [0, 0.05) is 5.69 Å². The van der Waals surface area contributed by atoms with Crippen LogP contribution in [0.1, 0.15) is 0 Å². The number of amides is 1. The maximum atomic E-state index is 10.3. The second-order valence-electron chi connectivity index (χ2n) is 2.86. The zero-order valence-electron chi connectivity index (χ0n) is 7.44. The van der Waals surface area contributed by atoms with Gasteiger partial charge in [-0.25, -0.2) is 0 Å². The third-order valence-electron chi connectivity index (χ3n) is 1.94. The summed E-state index contributed by atoms with van der Waals surface area (Å²) in [5, 5.41) is 6.75. The molecule has 0 atom stereocenters.